The second kappa shape index (κ2) is 14.7. The molecule has 0 unspecified atom stereocenters. The van der Waals surface area contributed by atoms with E-state index in [-0.39, 0.29) is 24.7 Å². The average Bonchev–Trinajstić information content (AvgIpc) is 2.98. The van der Waals surface area contributed by atoms with Crippen LogP contribution in [0.1, 0.15) is 28.8 Å². The summed E-state index contributed by atoms with van der Waals surface area (Å²) in [6.45, 7) is 1.90. The summed E-state index contributed by atoms with van der Waals surface area (Å²) >= 11 is 0. The fourth-order valence-corrected chi connectivity index (χ4v) is 5.13. The van der Waals surface area contributed by atoms with E-state index in [0.717, 1.165) is 11.1 Å². The zero-order chi connectivity index (χ0) is 26.8. The molecule has 0 aliphatic heterocycles. The molecule has 0 fully saturated rings. The number of nitrogens with one attached hydrogen (secondary N) is 1. The smallest absolute Gasteiger partial charge is 0.672 e. The molecule has 0 bridgehead atoms. The van der Waals surface area contributed by atoms with E-state index < -0.39 is 22.1 Å². The Kier molecular flexibility index (Phi) is 11.3. The molecule has 5 aromatic rings. The molecule has 198 valence electrons. The Morgan fingerprint density at radius 1 is 0.564 bits per heavy atom. The summed E-state index contributed by atoms with van der Waals surface area (Å²) < 4.78 is 29.8. The van der Waals surface area contributed by atoms with E-state index in [1.807, 2.05) is 79.7 Å². The quantitative estimate of drug-likeness (QED) is 0.169. The Morgan fingerprint density at radius 2 is 0.949 bits per heavy atom. The molecule has 0 saturated carbocycles. The van der Waals surface area contributed by atoms with E-state index in [9.17, 15) is 8.42 Å². The molecule has 0 heterocycles. The Labute approximate surface area is 245 Å². The summed E-state index contributed by atoms with van der Waals surface area (Å²) in [5.41, 5.74) is 13.6. The van der Waals surface area contributed by atoms with Crippen LogP contribution >= 0.6 is 0 Å². The summed E-state index contributed by atoms with van der Waals surface area (Å²) in [5.74, 6) is 0. The molecule has 0 aliphatic rings. The summed E-state index contributed by atoms with van der Waals surface area (Å²) in [6.07, 6.45) is 0. The van der Waals surface area contributed by atoms with Crippen LogP contribution in [-0.4, -0.2) is 8.42 Å². The van der Waals surface area contributed by atoms with Crippen LogP contribution in [0.2, 0.25) is 0 Å². The van der Waals surface area contributed by atoms with Crippen LogP contribution < -0.4 is 0 Å². The second-order valence-corrected chi connectivity index (χ2v) is 10.5. The third kappa shape index (κ3) is 8.55. The van der Waals surface area contributed by atoms with E-state index in [1.54, 1.807) is 24.3 Å². The molecule has 1 N–H and O–H groups in total. The van der Waals surface area contributed by atoms with Gasteiger partial charge in [0.25, 0.3) is 0 Å². The molecular weight excluding hydrogens is 679 g/mol. The molecule has 0 aliphatic carbocycles. The zero-order valence-electron chi connectivity index (χ0n) is 21.5. The van der Waals surface area contributed by atoms with Gasteiger partial charge in [-0.05, 0) is 30.2 Å². The Balaban J connectivity index is 0.000000270. The molecule has 0 spiro atoms. The van der Waals surface area contributed by atoms with Gasteiger partial charge < -0.3 is 10.5 Å². The summed E-state index contributed by atoms with van der Waals surface area (Å²) in [4.78, 5) is 0.143. The molecule has 6 heteroatoms. The Bertz CT molecular complexity index is 1460. The normalized spacial score (nSPS) is 12.3. The molecule has 2 atom stereocenters. The number of hydrogen-bond acceptors (Lipinski definition) is 2. The maximum Gasteiger partial charge on any atom is 2.00 e. The van der Waals surface area contributed by atoms with Gasteiger partial charge in [-0.25, -0.2) is 8.42 Å². The van der Waals surface area contributed by atoms with Crippen molar-refractivity contribution in [3.8, 4) is 11.1 Å². The maximum absolute atomic E-state index is 12.8. The zero-order valence-corrected chi connectivity index (χ0v) is 24.9. The first kappa shape index (κ1) is 30.2. The van der Waals surface area contributed by atoms with Gasteiger partial charge in [0, 0.05) is 4.90 Å². The summed E-state index contributed by atoms with van der Waals surface area (Å²) in [6, 6.07) is 44.1. The van der Waals surface area contributed by atoms with Gasteiger partial charge in [0.2, 0.25) is 0 Å². The van der Waals surface area contributed by atoms with Crippen molar-refractivity contribution in [3.63, 3.8) is 0 Å². The first-order chi connectivity index (χ1) is 18.4. The first-order valence-electron chi connectivity index (χ1n) is 12.4. The largest absolute Gasteiger partial charge is 2.00 e. The number of aryl methyl sites for hydroxylation is 1. The number of benzene rings is 5. The summed E-state index contributed by atoms with van der Waals surface area (Å²) in [7, 11) is -3.87. The van der Waals surface area contributed by atoms with Crippen molar-refractivity contribution in [2.24, 2.45) is 0 Å². The average molecular weight is 709 g/mol. The minimum Gasteiger partial charge on any atom is -0.672 e. The number of sulfonamides is 1. The maximum atomic E-state index is 12.8. The van der Waals surface area contributed by atoms with Gasteiger partial charge in [-0.15, -0.1) is 12.1 Å². The van der Waals surface area contributed by atoms with Crippen molar-refractivity contribution < 1.29 is 28.2 Å². The number of rotatable bonds is 7. The van der Waals surface area contributed by atoms with Gasteiger partial charge in [-0.1, -0.05) is 150 Å². The fourth-order valence-electron chi connectivity index (χ4n) is 3.99. The van der Waals surface area contributed by atoms with Crippen molar-refractivity contribution in [2.45, 2.75) is 23.9 Å². The Morgan fingerprint density at radius 3 is 1.38 bits per heavy atom. The van der Waals surface area contributed by atoms with Crippen LogP contribution in [0.4, 0.5) is 0 Å². The molecule has 0 radical (unpaired) electrons. The third-order valence-corrected chi connectivity index (χ3v) is 7.44. The van der Waals surface area contributed by atoms with E-state index >= 15 is 0 Å². The molecule has 5 aromatic carbocycles. The van der Waals surface area contributed by atoms with E-state index in [1.165, 1.54) is 11.1 Å². The predicted molar refractivity (Wildman–Crippen MR) is 156 cm³/mol. The Hall–Kier alpha value is -3.39. The molecule has 39 heavy (non-hydrogen) atoms. The third-order valence-electron chi connectivity index (χ3n) is 6.07. The van der Waals surface area contributed by atoms with Gasteiger partial charge in [-0.2, -0.15) is 0 Å². The topological polar surface area (TPSA) is 72.0 Å². The van der Waals surface area contributed by atoms with Gasteiger partial charge in [0.15, 0.2) is 0 Å². The van der Waals surface area contributed by atoms with E-state index in [4.69, 9.17) is 5.73 Å². The van der Waals surface area contributed by atoms with Crippen LogP contribution in [0.3, 0.4) is 0 Å². The molecule has 0 saturated heterocycles. The standard InChI is InChI=1S/C21H20N2O2S.C12H10.Os/c1-16-12-14-19(15-13-16)26(24,25)23-21(18-10-6-3-7-11-18)20(22)17-8-4-2-5-9-17;1-3-7-11(8-4-1)12-9-5-2-6-10-12;/h2-15,20-22H,1H3;1-10H;/q-2;;+2/t20-,21-;;/m1../s1. The van der Waals surface area contributed by atoms with Gasteiger partial charge >= 0.3 is 19.8 Å². The minimum atomic E-state index is -3.87. The van der Waals surface area contributed by atoms with Gasteiger partial charge in [-0.3, -0.25) is 0 Å². The van der Waals surface area contributed by atoms with Crippen molar-refractivity contribution in [1.82, 2.24) is 0 Å². The number of nitrogens with zero attached hydrogens (tertiary/aromatic N) is 1. The molecule has 4 nitrogen and oxygen atoms in total. The summed E-state index contributed by atoms with van der Waals surface area (Å²) in [5, 5.41) is 0. The van der Waals surface area contributed by atoms with Crippen LogP contribution in [-0.2, 0) is 29.8 Å². The molecule has 5 rings (SSSR count). The van der Waals surface area contributed by atoms with E-state index in [0.29, 0.717) is 5.56 Å². The second-order valence-electron chi connectivity index (χ2n) is 8.87. The predicted octanol–water partition coefficient (Wildman–Crippen LogP) is 8.94. The fraction of sp³-hybridized carbons (Fsp3) is 0.0909. The van der Waals surface area contributed by atoms with Crippen molar-refractivity contribution >= 4 is 10.0 Å². The molecular formula is C33H30N2O2OsS. The van der Waals surface area contributed by atoms with Crippen molar-refractivity contribution in [1.29, 1.82) is 0 Å². The van der Waals surface area contributed by atoms with Crippen LogP contribution in [0.15, 0.2) is 150 Å². The monoisotopic (exact) mass is 710 g/mol. The van der Waals surface area contributed by atoms with Crippen LogP contribution in [0.5, 0.6) is 0 Å². The van der Waals surface area contributed by atoms with E-state index in [2.05, 4.69) is 53.3 Å². The SMILES string of the molecule is Cc1ccc(S(=O)(=O)[N-][C@H](c2ccccc2)[C@H]([NH-])c2ccccc2)cc1.[Os+2].c1ccc(-c2ccccc2)cc1. The first-order valence-corrected chi connectivity index (χ1v) is 13.8. The molecule has 0 amide bonds. The van der Waals surface area contributed by atoms with Crippen LogP contribution in [0, 0.1) is 6.92 Å². The molecule has 0 aromatic heterocycles. The number of hydrogen-bond donors (Lipinski definition) is 0. The van der Waals surface area contributed by atoms with Crippen molar-refractivity contribution in [3.05, 3.63) is 173 Å². The van der Waals surface area contributed by atoms with Gasteiger partial charge in [0.05, 0.1) is 0 Å². The minimum absolute atomic E-state index is 0. The van der Waals surface area contributed by atoms with Crippen LogP contribution in [0.25, 0.3) is 21.6 Å². The van der Waals surface area contributed by atoms with Gasteiger partial charge in [0.1, 0.15) is 10.0 Å². The van der Waals surface area contributed by atoms with Crippen molar-refractivity contribution in [2.75, 3.05) is 0 Å².